The summed E-state index contributed by atoms with van der Waals surface area (Å²) in [5.41, 5.74) is -2.71. The van der Waals surface area contributed by atoms with Gasteiger partial charge < -0.3 is 4.74 Å². The Balaban J connectivity index is 2.93. The van der Waals surface area contributed by atoms with Crippen LogP contribution < -0.4 is 5.32 Å². The standard InChI is InChI=1S/C16H21F4NO2/c1-14(2,3)23-13(22)21-12-7-5-11(6-8-12)15(4,9-10-17)16(18,19)20/h5-8H,9-10H2,1-4H3,(H,21,22). The van der Waals surface area contributed by atoms with Crippen molar-refractivity contribution in [3.63, 3.8) is 0 Å². The van der Waals surface area contributed by atoms with Crippen LogP contribution in [0.3, 0.4) is 0 Å². The smallest absolute Gasteiger partial charge is 0.412 e. The molecule has 23 heavy (non-hydrogen) atoms. The molecule has 0 aliphatic carbocycles. The van der Waals surface area contributed by atoms with Gasteiger partial charge in [-0.1, -0.05) is 12.1 Å². The van der Waals surface area contributed by atoms with Crippen LogP contribution in [-0.2, 0) is 10.2 Å². The molecule has 1 amide bonds. The van der Waals surface area contributed by atoms with Crippen LogP contribution in [0.2, 0.25) is 0 Å². The molecule has 1 N–H and O–H groups in total. The number of hydrogen-bond donors (Lipinski definition) is 1. The lowest BCUT2D eigenvalue weighted by Gasteiger charge is -2.31. The van der Waals surface area contributed by atoms with E-state index in [1.807, 2.05) is 0 Å². The second-order valence-corrected chi connectivity index (χ2v) is 6.47. The maximum Gasteiger partial charge on any atom is 0.412 e. The average Bonchev–Trinajstić information content (AvgIpc) is 2.36. The largest absolute Gasteiger partial charge is 0.444 e. The topological polar surface area (TPSA) is 38.3 Å². The molecule has 1 unspecified atom stereocenters. The molecule has 1 rings (SSSR count). The van der Waals surface area contributed by atoms with E-state index in [2.05, 4.69) is 5.32 Å². The van der Waals surface area contributed by atoms with Gasteiger partial charge >= 0.3 is 12.3 Å². The molecule has 1 aromatic rings. The molecule has 0 aliphatic heterocycles. The quantitative estimate of drug-likeness (QED) is 0.767. The first-order chi connectivity index (χ1) is 10.4. The predicted octanol–water partition coefficient (Wildman–Crippen LogP) is 5.21. The minimum absolute atomic E-state index is 0.0580. The van der Waals surface area contributed by atoms with Crippen molar-refractivity contribution in [3.8, 4) is 0 Å². The fourth-order valence-corrected chi connectivity index (χ4v) is 1.98. The van der Waals surface area contributed by atoms with Crippen molar-refractivity contribution in [3.05, 3.63) is 29.8 Å². The summed E-state index contributed by atoms with van der Waals surface area (Å²) in [4.78, 5) is 11.6. The number of benzene rings is 1. The van der Waals surface area contributed by atoms with Gasteiger partial charge in [-0.05, 0) is 51.8 Å². The number of carbonyl (C=O) groups excluding carboxylic acids is 1. The van der Waals surface area contributed by atoms with Crippen molar-refractivity contribution in [1.82, 2.24) is 0 Å². The number of anilines is 1. The average molecular weight is 335 g/mol. The maximum atomic E-state index is 13.2. The van der Waals surface area contributed by atoms with Crippen molar-refractivity contribution in [1.29, 1.82) is 0 Å². The summed E-state index contributed by atoms with van der Waals surface area (Å²) in [6, 6.07) is 5.13. The number of amides is 1. The van der Waals surface area contributed by atoms with Crippen LogP contribution in [0.4, 0.5) is 28.0 Å². The van der Waals surface area contributed by atoms with Crippen molar-refractivity contribution in [2.75, 3.05) is 12.0 Å². The molecule has 0 fully saturated rings. The molecule has 0 aliphatic rings. The Bertz CT molecular complexity index is 534. The SMILES string of the molecule is CC(C)(C)OC(=O)Nc1ccc(C(C)(CCF)C(F)(F)F)cc1. The number of carbonyl (C=O) groups is 1. The minimum atomic E-state index is -4.57. The van der Waals surface area contributed by atoms with Gasteiger partial charge in [-0.25, -0.2) is 4.79 Å². The molecule has 130 valence electrons. The zero-order valence-electron chi connectivity index (χ0n) is 13.6. The molecule has 0 bridgehead atoms. The lowest BCUT2D eigenvalue weighted by molar-refractivity contribution is -0.188. The summed E-state index contributed by atoms with van der Waals surface area (Å²) in [6.45, 7) is 4.97. The third kappa shape index (κ3) is 5.11. The van der Waals surface area contributed by atoms with Crippen molar-refractivity contribution >= 4 is 11.8 Å². The van der Waals surface area contributed by atoms with Gasteiger partial charge in [-0.3, -0.25) is 9.71 Å². The van der Waals surface area contributed by atoms with Crippen molar-refractivity contribution < 1.29 is 27.1 Å². The zero-order valence-corrected chi connectivity index (χ0v) is 13.6. The van der Waals surface area contributed by atoms with E-state index in [0.717, 1.165) is 6.92 Å². The monoisotopic (exact) mass is 335 g/mol. The van der Waals surface area contributed by atoms with Gasteiger partial charge in [-0.2, -0.15) is 13.2 Å². The third-order valence-electron chi connectivity index (χ3n) is 3.39. The predicted molar refractivity (Wildman–Crippen MR) is 80.3 cm³/mol. The van der Waals surface area contributed by atoms with E-state index in [1.165, 1.54) is 24.3 Å². The summed E-state index contributed by atoms with van der Waals surface area (Å²) < 4.78 is 57.2. The lowest BCUT2D eigenvalue weighted by atomic mass is 9.79. The summed E-state index contributed by atoms with van der Waals surface area (Å²) in [7, 11) is 0. The normalized spacial score (nSPS) is 15.0. The van der Waals surface area contributed by atoms with Crippen LogP contribution in [0.5, 0.6) is 0 Å². The Labute approximate surface area is 133 Å². The molecule has 1 aromatic carbocycles. The molecule has 0 aromatic heterocycles. The van der Waals surface area contributed by atoms with Gasteiger partial charge in [0.15, 0.2) is 0 Å². The van der Waals surface area contributed by atoms with E-state index in [1.54, 1.807) is 20.8 Å². The summed E-state index contributed by atoms with van der Waals surface area (Å²) in [5, 5.41) is 2.43. The van der Waals surface area contributed by atoms with Crippen molar-refractivity contribution in [2.24, 2.45) is 0 Å². The number of ether oxygens (including phenoxy) is 1. The highest BCUT2D eigenvalue weighted by Gasteiger charge is 2.51. The highest BCUT2D eigenvalue weighted by Crippen LogP contribution is 2.43. The highest BCUT2D eigenvalue weighted by atomic mass is 19.4. The van der Waals surface area contributed by atoms with Gasteiger partial charge in [0.1, 0.15) is 5.60 Å². The third-order valence-corrected chi connectivity index (χ3v) is 3.39. The number of alkyl halides is 4. The molecule has 7 heteroatoms. The van der Waals surface area contributed by atoms with E-state index >= 15 is 0 Å². The molecule has 0 spiro atoms. The Kier molecular flexibility index (Phi) is 5.66. The first kappa shape index (κ1) is 19.3. The molecule has 0 saturated heterocycles. The van der Waals surface area contributed by atoms with Crippen LogP contribution in [0.25, 0.3) is 0 Å². The summed E-state index contributed by atoms with van der Waals surface area (Å²) in [6.07, 6.45) is -5.93. The number of halogens is 4. The minimum Gasteiger partial charge on any atom is -0.444 e. The van der Waals surface area contributed by atoms with E-state index in [9.17, 15) is 22.4 Å². The zero-order chi connectivity index (χ0) is 17.9. The van der Waals surface area contributed by atoms with Gasteiger partial charge in [0.2, 0.25) is 0 Å². The summed E-state index contributed by atoms with van der Waals surface area (Å²) >= 11 is 0. The van der Waals surface area contributed by atoms with E-state index in [-0.39, 0.29) is 5.56 Å². The first-order valence-corrected chi connectivity index (χ1v) is 7.12. The van der Waals surface area contributed by atoms with E-state index < -0.39 is 36.4 Å². The van der Waals surface area contributed by atoms with E-state index in [4.69, 9.17) is 4.74 Å². The summed E-state index contributed by atoms with van der Waals surface area (Å²) in [5.74, 6) is 0. The van der Waals surface area contributed by atoms with Gasteiger partial charge in [0.05, 0.1) is 12.1 Å². The highest BCUT2D eigenvalue weighted by molar-refractivity contribution is 5.84. The number of hydrogen-bond acceptors (Lipinski definition) is 2. The van der Waals surface area contributed by atoms with Crippen LogP contribution in [0, 0.1) is 0 Å². The Morgan fingerprint density at radius 1 is 1.09 bits per heavy atom. The van der Waals surface area contributed by atoms with Crippen LogP contribution >= 0.6 is 0 Å². The first-order valence-electron chi connectivity index (χ1n) is 7.12. The van der Waals surface area contributed by atoms with Gasteiger partial charge in [0.25, 0.3) is 0 Å². The molecule has 0 saturated carbocycles. The fourth-order valence-electron chi connectivity index (χ4n) is 1.98. The van der Waals surface area contributed by atoms with Crippen LogP contribution in [-0.4, -0.2) is 24.5 Å². The van der Waals surface area contributed by atoms with Crippen LogP contribution in [0.15, 0.2) is 24.3 Å². The second kappa shape index (κ2) is 6.76. The second-order valence-electron chi connectivity index (χ2n) is 6.47. The molecular formula is C16H21F4NO2. The lowest BCUT2D eigenvalue weighted by Crippen LogP contribution is -2.40. The Hall–Kier alpha value is -1.79. The maximum absolute atomic E-state index is 13.2. The number of rotatable bonds is 4. The van der Waals surface area contributed by atoms with Gasteiger partial charge in [-0.15, -0.1) is 0 Å². The molecule has 3 nitrogen and oxygen atoms in total. The molecule has 1 atom stereocenters. The van der Waals surface area contributed by atoms with Crippen molar-refractivity contribution in [2.45, 2.75) is 51.3 Å². The number of nitrogens with one attached hydrogen (secondary N) is 1. The molecule has 0 heterocycles. The molecular weight excluding hydrogens is 314 g/mol. The van der Waals surface area contributed by atoms with Crippen LogP contribution in [0.1, 0.15) is 39.7 Å². The van der Waals surface area contributed by atoms with Gasteiger partial charge in [0, 0.05) is 5.69 Å². The molecule has 0 radical (unpaired) electrons. The fraction of sp³-hybridized carbons (Fsp3) is 0.562. The Morgan fingerprint density at radius 2 is 1.61 bits per heavy atom. The Morgan fingerprint density at radius 3 is 2.00 bits per heavy atom. The van der Waals surface area contributed by atoms with E-state index in [0.29, 0.717) is 5.69 Å².